The number of aliphatic hydroxyl groups excluding tert-OH is 1. The molecule has 1 aromatic carbocycles. The summed E-state index contributed by atoms with van der Waals surface area (Å²) in [5, 5.41) is 12.7. The maximum absolute atomic E-state index is 8.70. The highest BCUT2D eigenvalue weighted by Crippen LogP contribution is 2.33. The van der Waals surface area contributed by atoms with Gasteiger partial charge in [-0.05, 0) is 45.2 Å². The molecule has 0 atom stereocenters. The summed E-state index contributed by atoms with van der Waals surface area (Å²) in [5.74, 6) is 0.719. The van der Waals surface area contributed by atoms with Crippen LogP contribution in [0, 0.1) is 0 Å². The van der Waals surface area contributed by atoms with Gasteiger partial charge in [0.2, 0.25) is 0 Å². The molecule has 102 valence electrons. The standard InChI is InChI=1S/C14H22ClNO2/c1-11(2)18-14-12(15)7-6-8-13(14)16-9-4-3-5-10-17/h6-8,11,16-17H,3-5,9-10H2,1-2H3. The first kappa shape index (κ1) is 15.1. The number of benzene rings is 1. The number of hydrogen-bond acceptors (Lipinski definition) is 3. The molecule has 0 aromatic heterocycles. The van der Waals surface area contributed by atoms with Crippen molar-refractivity contribution < 1.29 is 9.84 Å². The number of halogens is 1. The number of rotatable bonds is 8. The Morgan fingerprint density at radius 3 is 2.72 bits per heavy atom. The van der Waals surface area contributed by atoms with Gasteiger partial charge in [-0.3, -0.25) is 0 Å². The molecule has 0 amide bonds. The number of unbranched alkanes of at least 4 members (excludes halogenated alkanes) is 2. The molecule has 0 aliphatic heterocycles. The maximum atomic E-state index is 8.70. The van der Waals surface area contributed by atoms with Gasteiger partial charge in [-0.15, -0.1) is 0 Å². The van der Waals surface area contributed by atoms with Crippen LogP contribution in [0.1, 0.15) is 33.1 Å². The number of nitrogens with one attached hydrogen (secondary N) is 1. The van der Waals surface area contributed by atoms with Crippen molar-refractivity contribution in [1.29, 1.82) is 0 Å². The summed E-state index contributed by atoms with van der Waals surface area (Å²) in [6.07, 6.45) is 2.99. The van der Waals surface area contributed by atoms with Gasteiger partial charge in [-0.25, -0.2) is 0 Å². The highest BCUT2D eigenvalue weighted by Gasteiger charge is 2.09. The lowest BCUT2D eigenvalue weighted by atomic mass is 10.2. The van der Waals surface area contributed by atoms with E-state index in [1.807, 2.05) is 32.0 Å². The summed E-state index contributed by atoms with van der Waals surface area (Å²) in [6, 6.07) is 5.71. The van der Waals surface area contributed by atoms with E-state index in [-0.39, 0.29) is 12.7 Å². The van der Waals surface area contributed by atoms with Crippen molar-refractivity contribution in [2.24, 2.45) is 0 Å². The zero-order valence-electron chi connectivity index (χ0n) is 11.1. The number of hydrogen-bond donors (Lipinski definition) is 2. The van der Waals surface area contributed by atoms with Gasteiger partial charge < -0.3 is 15.2 Å². The fourth-order valence-corrected chi connectivity index (χ4v) is 1.86. The van der Waals surface area contributed by atoms with Crippen LogP contribution >= 0.6 is 11.6 Å². The molecule has 0 fully saturated rings. The predicted octanol–water partition coefficient (Wildman–Crippen LogP) is 3.70. The number of ether oxygens (including phenoxy) is 1. The van der Waals surface area contributed by atoms with E-state index in [4.69, 9.17) is 21.4 Å². The minimum absolute atomic E-state index is 0.0971. The van der Waals surface area contributed by atoms with E-state index >= 15 is 0 Å². The first-order chi connectivity index (χ1) is 8.65. The lowest BCUT2D eigenvalue weighted by molar-refractivity contribution is 0.244. The van der Waals surface area contributed by atoms with Crippen molar-refractivity contribution in [2.75, 3.05) is 18.5 Å². The summed E-state index contributed by atoms with van der Waals surface area (Å²) >= 11 is 6.14. The smallest absolute Gasteiger partial charge is 0.161 e. The van der Waals surface area contributed by atoms with Crippen LogP contribution < -0.4 is 10.1 Å². The zero-order valence-corrected chi connectivity index (χ0v) is 11.8. The highest BCUT2D eigenvalue weighted by molar-refractivity contribution is 6.32. The summed E-state index contributed by atoms with van der Waals surface area (Å²) in [4.78, 5) is 0. The quantitative estimate of drug-likeness (QED) is 0.709. The Morgan fingerprint density at radius 1 is 1.28 bits per heavy atom. The van der Waals surface area contributed by atoms with E-state index in [0.29, 0.717) is 5.02 Å². The van der Waals surface area contributed by atoms with Gasteiger partial charge in [0, 0.05) is 13.2 Å². The summed E-state index contributed by atoms with van der Waals surface area (Å²) in [5.41, 5.74) is 0.931. The lowest BCUT2D eigenvalue weighted by Gasteiger charge is -2.16. The molecule has 0 aliphatic rings. The summed E-state index contributed by atoms with van der Waals surface area (Å²) in [6.45, 7) is 5.08. The second kappa shape index (κ2) is 8.22. The Hall–Kier alpha value is -0.930. The van der Waals surface area contributed by atoms with E-state index in [0.717, 1.165) is 37.2 Å². The average Bonchev–Trinajstić information content (AvgIpc) is 2.32. The molecule has 2 N–H and O–H groups in total. The minimum atomic E-state index is 0.0971. The predicted molar refractivity (Wildman–Crippen MR) is 76.6 cm³/mol. The van der Waals surface area contributed by atoms with Gasteiger partial charge >= 0.3 is 0 Å². The first-order valence-electron chi connectivity index (χ1n) is 6.45. The van der Waals surface area contributed by atoms with Crippen LogP contribution in [0.3, 0.4) is 0 Å². The fourth-order valence-electron chi connectivity index (χ4n) is 1.64. The first-order valence-corrected chi connectivity index (χ1v) is 6.83. The molecular weight excluding hydrogens is 250 g/mol. The normalized spacial score (nSPS) is 10.7. The van der Waals surface area contributed by atoms with E-state index < -0.39 is 0 Å². The van der Waals surface area contributed by atoms with Crippen LogP contribution in [0.4, 0.5) is 5.69 Å². The third-order valence-corrected chi connectivity index (χ3v) is 2.77. The minimum Gasteiger partial charge on any atom is -0.487 e. The largest absolute Gasteiger partial charge is 0.487 e. The van der Waals surface area contributed by atoms with Crippen LogP contribution in [0.5, 0.6) is 5.75 Å². The van der Waals surface area contributed by atoms with Crippen LogP contribution in [-0.4, -0.2) is 24.4 Å². The van der Waals surface area contributed by atoms with Gasteiger partial charge in [-0.1, -0.05) is 17.7 Å². The molecule has 0 heterocycles. The van der Waals surface area contributed by atoms with Crippen molar-refractivity contribution in [3.8, 4) is 5.75 Å². The van der Waals surface area contributed by atoms with Gasteiger partial charge in [0.25, 0.3) is 0 Å². The number of anilines is 1. The Kier molecular flexibility index (Phi) is 6.91. The molecule has 18 heavy (non-hydrogen) atoms. The third-order valence-electron chi connectivity index (χ3n) is 2.47. The molecule has 1 rings (SSSR count). The van der Waals surface area contributed by atoms with Crippen LogP contribution in [-0.2, 0) is 0 Å². The Morgan fingerprint density at radius 2 is 2.06 bits per heavy atom. The summed E-state index contributed by atoms with van der Waals surface area (Å²) in [7, 11) is 0. The SMILES string of the molecule is CC(C)Oc1c(Cl)cccc1NCCCCCO. The molecule has 0 bridgehead atoms. The maximum Gasteiger partial charge on any atom is 0.161 e. The van der Waals surface area contributed by atoms with Crippen molar-refractivity contribution in [3.05, 3.63) is 23.2 Å². The lowest BCUT2D eigenvalue weighted by Crippen LogP contribution is -2.10. The van der Waals surface area contributed by atoms with Crippen molar-refractivity contribution >= 4 is 17.3 Å². The third kappa shape index (κ3) is 5.15. The fraction of sp³-hybridized carbons (Fsp3) is 0.571. The monoisotopic (exact) mass is 271 g/mol. The van der Waals surface area contributed by atoms with E-state index in [9.17, 15) is 0 Å². The molecule has 4 heteroatoms. The van der Waals surface area contributed by atoms with Crippen molar-refractivity contribution in [3.63, 3.8) is 0 Å². The van der Waals surface area contributed by atoms with Gasteiger partial charge in [-0.2, -0.15) is 0 Å². The van der Waals surface area contributed by atoms with Gasteiger partial charge in [0.15, 0.2) is 5.75 Å². The molecule has 0 spiro atoms. The second-order valence-electron chi connectivity index (χ2n) is 4.49. The average molecular weight is 272 g/mol. The van der Waals surface area contributed by atoms with E-state index in [1.54, 1.807) is 0 Å². The molecular formula is C14H22ClNO2. The van der Waals surface area contributed by atoms with Crippen LogP contribution in [0.25, 0.3) is 0 Å². The van der Waals surface area contributed by atoms with E-state index in [2.05, 4.69) is 5.32 Å². The van der Waals surface area contributed by atoms with Crippen molar-refractivity contribution in [2.45, 2.75) is 39.2 Å². The Bertz CT molecular complexity index is 356. The molecule has 0 saturated heterocycles. The van der Waals surface area contributed by atoms with Crippen molar-refractivity contribution in [1.82, 2.24) is 0 Å². The van der Waals surface area contributed by atoms with Crippen LogP contribution in [0.2, 0.25) is 5.02 Å². The molecule has 0 radical (unpaired) electrons. The molecule has 0 unspecified atom stereocenters. The van der Waals surface area contributed by atoms with E-state index in [1.165, 1.54) is 0 Å². The Balaban J connectivity index is 2.55. The topological polar surface area (TPSA) is 41.5 Å². The Labute approximate surface area is 114 Å². The van der Waals surface area contributed by atoms with Gasteiger partial charge in [0.05, 0.1) is 16.8 Å². The van der Waals surface area contributed by atoms with Crippen LogP contribution in [0.15, 0.2) is 18.2 Å². The second-order valence-corrected chi connectivity index (χ2v) is 4.90. The number of para-hydroxylation sites is 1. The zero-order chi connectivity index (χ0) is 13.4. The molecule has 1 aromatic rings. The molecule has 0 saturated carbocycles. The highest BCUT2D eigenvalue weighted by atomic mass is 35.5. The number of aliphatic hydroxyl groups is 1. The van der Waals surface area contributed by atoms with Gasteiger partial charge in [0.1, 0.15) is 0 Å². The summed E-state index contributed by atoms with van der Waals surface area (Å²) < 4.78 is 5.72. The molecule has 0 aliphatic carbocycles. The molecule has 3 nitrogen and oxygen atoms in total.